The smallest absolute Gasteiger partial charge is 0.264 e. The minimum absolute atomic E-state index is 0.0386. The number of nitrogens with one attached hydrogen (secondary N) is 1. The Kier molecular flexibility index (Phi) is 10.6. The molecule has 224 valence electrons. The lowest BCUT2D eigenvalue weighted by Gasteiger charge is -2.25. The van der Waals surface area contributed by atoms with Gasteiger partial charge in [0.05, 0.1) is 30.5 Å². The molecule has 4 aromatic carbocycles. The van der Waals surface area contributed by atoms with E-state index in [2.05, 4.69) is 10.5 Å². The monoisotopic (exact) mass is 621 g/mol. The molecule has 0 bridgehead atoms. The van der Waals surface area contributed by atoms with Crippen LogP contribution in [0.15, 0.2) is 101 Å². The molecule has 0 saturated carbocycles. The molecular weight excluding hydrogens is 590 g/mol. The van der Waals surface area contributed by atoms with Gasteiger partial charge in [-0.3, -0.25) is 9.10 Å². The normalized spacial score (nSPS) is 11.3. The van der Waals surface area contributed by atoms with E-state index in [0.29, 0.717) is 41.0 Å². The first-order valence-corrected chi connectivity index (χ1v) is 15.2. The second kappa shape index (κ2) is 14.6. The van der Waals surface area contributed by atoms with Crippen molar-refractivity contribution in [2.24, 2.45) is 5.10 Å². The first-order chi connectivity index (χ1) is 20.7. The van der Waals surface area contributed by atoms with Gasteiger partial charge in [-0.05, 0) is 85.1 Å². The van der Waals surface area contributed by atoms with Crippen LogP contribution < -0.4 is 23.9 Å². The van der Waals surface area contributed by atoms with E-state index in [-0.39, 0.29) is 10.6 Å². The fourth-order valence-corrected chi connectivity index (χ4v) is 5.66. The lowest BCUT2D eigenvalue weighted by atomic mass is 10.2. The highest BCUT2D eigenvalue weighted by Crippen LogP contribution is 2.33. The van der Waals surface area contributed by atoms with Crippen LogP contribution in [0.4, 0.5) is 5.69 Å². The Labute approximate surface area is 256 Å². The number of aryl methyl sites for hydroxylation is 1. The number of carbonyl (C=O) groups is 1. The number of sulfonamides is 1. The lowest BCUT2D eigenvalue weighted by Crippen LogP contribution is -2.39. The summed E-state index contributed by atoms with van der Waals surface area (Å²) in [5, 5.41) is 4.70. The number of carbonyl (C=O) groups excluding carboxylic acids is 1. The minimum atomic E-state index is -4.12. The molecule has 0 heterocycles. The molecule has 9 nitrogen and oxygen atoms in total. The zero-order chi connectivity index (χ0) is 30.8. The van der Waals surface area contributed by atoms with Gasteiger partial charge in [-0.25, -0.2) is 13.8 Å². The van der Waals surface area contributed by atoms with Gasteiger partial charge in [0.1, 0.15) is 18.9 Å². The van der Waals surface area contributed by atoms with E-state index in [1.807, 2.05) is 26.0 Å². The van der Waals surface area contributed by atoms with Crippen LogP contribution in [0.1, 0.15) is 23.6 Å². The van der Waals surface area contributed by atoms with E-state index < -0.39 is 22.5 Å². The molecule has 0 radical (unpaired) electrons. The number of benzene rings is 4. The minimum Gasteiger partial charge on any atom is -0.495 e. The van der Waals surface area contributed by atoms with Crippen molar-refractivity contribution >= 4 is 39.4 Å². The maximum Gasteiger partial charge on any atom is 0.264 e. The van der Waals surface area contributed by atoms with Gasteiger partial charge in [0, 0.05) is 5.02 Å². The quantitative estimate of drug-likeness (QED) is 0.145. The lowest BCUT2D eigenvalue weighted by molar-refractivity contribution is -0.119. The van der Waals surface area contributed by atoms with Crippen molar-refractivity contribution in [1.29, 1.82) is 0 Å². The van der Waals surface area contributed by atoms with Crippen molar-refractivity contribution in [3.63, 3.8) is 0 Å². The summed E-state index contributed by atoms with van der Waals surface area (Å²) >= 11 is 5.96. The molecule has 1 N–H and O–H groups in total. The van der Waals surface area contributed by atoms with Crippen LogP contribution in [0.2, 0.25) is 5.02 Å². The Bertz CT molecular complexity index is 1680. The van der Waals surface area contributed by atoms with Crippen LogP contribution in [0.5, 0.6) is 17.2 Å². The van der Waals surface area contributed by atoms with Crippen molar-refractivity contribution in [3.8, 4) is 17.2 Å². The standard InChI is InChI=1S/C32H32ClN3O6S/c1-4-41-31-19-25(13-17-30(31)42-22-24-11-14-26(33)15-12-24)20-34-35-32(37)21-36(28-18-23(2)10-16-29(28)40-3)43(38,39)27-8-6-5-7-9-27/h5-20H,4,21-22H2,1-3H3,(H,35,37)/b34-20-. The summed E-state index contributed by atoms with van der Waals surface area (Å²) in [5.74, 6) is 0.723. The Morgan fingerprint density at radius 1 is 0.930 bits per heavy atom. The summed E-state index contributed by atoms with van der Waals surface area (Å²) in [4.78, 5) is 13.1. The predicted molar refractivity (Wildman–Crippen MR) is 168 cm³/mol. The molecule has 4 rings (SSSR count). The molecule has 43 heavy (non-hydrogen) atoms. The average Bonchev–Trinajstić information content (AvgIpc) is 3.01. The van der Waals surface area contributed by atoms with Crippen molar-refractivity contribution in [1.82, 2.24) is 5.43 Å². The topological polar surface area (TPSA) is 107 Å². The zero-order valence-corrected chi connectivity index (χ0v) is 25.6. The number of methoxy groups -OCH3 is 1. The molecule has 0 unspecified atom stereocenters. The summed E-state index contributed by atoms with van der Waals surface area (Å²) in [6.07, 6.45) is 1.44. The number of hydrazone groups is 1. The number of halogens is 1. The molecule has 0 aliphatic carbocycles. The fourth-order valence-electron chi connectivity index (χ4n) is 4.09. The Morgan fingerprint density at radius 2 is 1.65 bits per heavy atom. The molecule has 0 fully saturated rings. The van der Waals surface area contributed by atoms with Crippen LogP contribution in [-0.2, 0) is 21.4 Å². The second-order valence-electron chi connectivity index (χ2n) is 9.35. The van der Waals surface area contributed by atoms with Gasteiger partial charge in [0.2, 0.25) is 0 Å². The zero-order valence-electron chi connectivity index (χ0n) is 24.0. The molecule has 0 aliphatic heterocycles. The van der Waals surface area contributed by atoms with Crippen LogP contribution in [0, 0.1) is 6.92 Å². The summed E-state index contributed by atoms with van der Waals surface area (Å²) in [5.41, 5.74) is 5.05. The van der Waals surface area contributed by atoms with Gasteiger partial charge in [0.15, 0.2) is 11.5 Å². The Hall–Kier alpha value is -4.54. The van der Waals surface area contributed by atoms with Crippen molar-refractivity contribution < 1.29 is 27.4 Å². The predicted octanol–water partition coefficient (Wildman–Crippen LogP) is 5.98. The van der Waals surface area contributed by atoms with Crippen molar-refractivity contribution in [2.45, 2.75) is 25.3 Å². The number of ether oxygens (including phenoxy) is 3. The van der Waals surface area contributed by atoms with Crippen LogP contribution in [0.25, 0.3) is 0 Å². The molecule has 4 aromatic rings. The van der Waals surface area contributed by atoms with E-state index in [0.717, 1.165) is 15.4 Å². The van der Waals surface area contributed by atoms with E-state index >= 15 is 0 Å². The van der Waals surface area contributed by atoms with Crippen LogP contribution in [-0.4, -0.2) is 40.8 Å². The molecule has 0 aromatic heterocycles. The molecule has 1 amide bonds. The third kappa shape index (κ3) is 8.27. The number of anilines is 1. The van der Waals surface area contributed by atoms with Crippen LogP contribution in [0.3, 0.4) is 0 Å². The maximum absolute atomic E-state index is 13.7. The first-order valence-electron chi connectivity index (χ1n) is 13.4. The van der Waals surface area contributed by atoms with E-state index in [4.69, 9.17) is 25.8 Å². The number of rotatable bonds is 13. The summed E-state index contributed by atoms with van der Waals surface area (Å²) in [6, 6.07) is 25.6. The highest BCUT2D eigenvalue weighted by Gasteiger charge is 2.29. The van der Waals surface area contributed by atoms with Gasteiger partial charge in [0.25, 0.3) is 15.9 Å². The largest absolute Gasteiger partial charge is 0.495 e. The molecule has 0 atom stereocenters. The Morgan fingerprint density at radius 3 is 2.35 bits per heavy atom. The molecule has 0 spiro atoms. The SMILES string of the molecule is CCOc1cc(/C=N\NC(=O)CN(c2cc(C)ccc2OC)S(=O)(=O)c2ccccc2)ccc1OCc1ccc(Cl)cc1. The highest BCUT2D eigenvalue weighted by atomic mass is 35.5. The fraction of sp³-hybridized carbons (Fsp3) is 0.188. The molecular formula is C32H32ClN3O6S. The Balaban J connectivity index is 1.50. The highest BCUT2D eigenvalue weighted by molar-refractivity contribution is 7.92. The van der Waals surface area contributed by atoms with E-state index in [1.54, 1.807) is 66.7 Å². The number of amides is 1. The third-order valence-electron chi connectivity index (χ3n) is 6.20. The number of nitrogens with zero attached hydrogens (tertiary/aromatic N) is 2. The molecule has 0 aliphatic rings. The first kappa shape index (κ1) is 31.4. The van der Waals surface area contributed by atoms with Crippen LogP contribution >= 0.6 is 11.6 Å². The summed E-state index contributed by atoms with van der Waals surface area (Å²) in [6.45, 7) is 3.90. The number of hydrogen-bond donors (Lipinski definition) is 1. The maximum atomic E-state index is 13.7. The van der Waals surface area contributed by atoms with E-state index in [9.17, 15) is 13.2 Å². The van der Waals surface area contributed by atoms with Crippen molar-refractivity contribution in [2.75, 3.05) is 24.6 Å². The van der Waals surface area contributed by atoms with E-state index in [1.165, 1.54) is 25.5 Å². The summed E-state index contributed by atoms with van der Waals surface area (Å²) < 4.78 is 45.4. The average molecular weight is 622 g/mol. The summed E-state index contributed by atoms with van der Waals surface area (Å²) in [7, 11) is -2.68. The molecule has 11 heteroatoms. The van der Waals surface area contributed by atoms with Gasteiger partial charge in [-0.1, -0.05) is 48.0 Å². The van der Waals surface area contributed by atoms with Crippen molar-refractivity contribution in [3.05, 3.63) is 113 Å². The van der Waals surface area contributed by atoms with Gasteiger partial charge in [-0.2, -0.15) is 5.10 Å². The third-order valence-corrected chi connectivity index (χ3v) is 8.23. The van der Waals surface area contributed by atoms with Gasteiger partial charge >= 0.3 is 0 Å². The number of hydrogen-bond acceptors (Lipinski definition) is 7. The molecule has 0 saturated heterocycles. The van der Waals surface area contributed by atoms with Gasteiger partial charge in [-0.15, -0.1) is 0 Å². The van der Waals surface area contributed by atoms with Gasteiger partial charge < -0.3 is 14.2 Å². The second-order valence-corrected chi connectivity index (χ2v) is 11.6.